The van der Waals surface area contributed by atoms with E-state index in [1.165, 1.54) is 12.1 Å². The normalized spacial score (nSPS) is 17.7. The van der Waals surface area contributed by atoms with E-state index in [9.17, 15) is 24.6 Å². The van der Waals surface area contributed by atoms with E-state index in [2.05, 4.69) is 0 Å². The summed E-state index contributed by atoms with van der Waals surface area (Å²) < 4.78 is 4.87. The second-order valence-electron chi connectivity index (χ2n) is 6.39. The zero-order valence-electron chi connectivity index (χ0n) is 14.3. The molecule has 2 aromatic carbocycles. The number of aliphatic hydroxyl groups is 2. The summed E-state index contributed by atoms with van der Waals surface area (Å²) >= 11 is 5.93. The minimum atomic E-state index is -1.18. The molecule has 6 nitrogen and oxygen atoms in total. The number of rotatable bonds is 3. The molecule has 7 heteroatoms. The lowest BCUT2D eigenvalue weighted by atomic mass is 9.76. The van der Waals surface area contributed by atoms with Crippen LogP contribution in [0.3, 0.4) is 0 Å². The van der Waals surface area contributed by atoms with Gasteiger partial charge in [0.1, 0.15) is 18.1 Å². The molecule has 0 aromatic heterocycles. The molecule has 1 aliphatic carbocycles. The van der Waals surface area contributed by atoms with Gasteiger partial charge >= 0.3 is 5.97 Å². The third kappa shape index (κ3) is 2.70. The lowest BCUT2D eigenvalue weighted by Crippen LogP contribution is -2.29. The number of halogens is 1. The second-order valence-corrected chi connectivity index (χ2v) is 6.82. The summed E-state index contributed by atoms with van der Waals surface area (Å²) in [6.45, 7) is -0.342. The van der Waals surface area contributed by atoms with Crippen LogP contribution >= 0.6 is 11.6 Å². The highest BCUT2D eigenvalue weighted by molar-refractivity contribution is 6.52. The fraction of sp³-hybridized carbons (Fsp3) is 0.0952. The summed E-state index contributed by atoms with van der Waals surface area (Å²) in [5, 5.41) is 21.5. The predicted molar refractivity (Wildman–Crippen MR) is 100 cm³/mol. The van der Waals surface area contributed by atoms with Gasteiger partial charge in [-0.15, -0.1) is 0 Å². The van der Waals surface area contributed by atoms with Gasteiger partial charge in [-0.3, -0.25) is 9.59 Å². The molecule has 0 saturated carbocycles. The molecule has 1 unspecified atom stereocenters. The Balaban J connectivity index is 2.01. The lowest BCUT2D eigenvalue weighted by molar-refractivity contribution is -0.136. The van der Waals surface area contributed by atoms with Crippen molar-refractivity contribution in [1.29, 1.82) is 0 Å². The number of ketones is 2. The summed E-state index contributed by atoms with van der Waals surface area (Å²) in [6.07, 6.45) is 0. The van der Waals surface area contributed by atoms with Gasteiger partial charge in [0.05, 0.1) is 17.1 Å². The number of benzene rings is 2. The van der Waals surface area contributed by atoms with Crippen molar-refractivity contribution in [3.63, 3.8) is 0 Å². The van der Waals surface area contributed by atoms with Crippen molar-refractivity contribution < 1.29 is 29.3 Å². The van der Waals surface area contributed by atoms with Crippen LogP contribution in [0.2, 0.25) is 5.02 Å². The zero-order valence-corrected chi connectivity index (χ0v) is 15.1. The van der Waals surface area contributed by atoms with Crippen LogP contribution in [0.5, 0.6) is 0 Å². The maximum absolute atomic E-state index is 12.9. The maximum Gasteiger partial charge on any atom is 0.338 e. The molecular formula is C21H13ClO6. The molecule has 1 atom stereocenters. The largest absolute Gasteiger partial charge is 0.508 e. The van der Waals surface area contributed by atoms with E-state index in [1.54, 1.807) is 36.4 Å². The van der Waals surface area contributed by atoms with Crippen molar-refractivity contribution in [3.8, 4) is 0 Å². The van der Waals surface area contributed by atoms with Crippen LogP contribution in [-0.2, 0) is 14.3 Å². The predicted octanol–water partition coefficient (Wildman–Crippen LogP) is 3.53. The van der Waals surface area contributed by atoms with Gasteiger partial charge in [0, 0.05) is 16.1 Å². The Morgan fingerprint density at radius 2 is 1.50 bits per heavy atom. The topological polar surface area (TPSA) is 101 Å². The second kappa shape index (κ2) is 6.65. The van der Waals surface area contributed by atoms with Crippen LogP contribution in [0.15, 0.2) is 65.4 Å². The van der Waals surface area contributed by atoms with E-state index in [4.69, 9.17) is 16.3 Å². The molecule has 1 aliphatic heterocycles. The third-order valence-electron chi connectivity index (χ3n) is 4.78. The standard InChI is InChI=1S/C21H13ClO6/c22-11-7-5-10(6-8-11)15(16-14(23)9-28-21(16)27)17-18(24)12-3-1-2-4-13(12)19(25)20(17)26/h1-8,15,23-24H,9H2. The lowest BCUT2D eigenvalue weighted by Gasteiger charge is -2.25. The first kappa shape index (κ1) is 18.0. The van der Waals surface area contributed by atoms with Crippen LogP contribution in [0.4, 0.5) is 0 Å². The molecule has 2 aliphatic rings. The van der Waals surface area contributed by atoms with Crippen molar-refractivity contribution in [2.45, 2.75) is 5.92 Å². The molecule has 0 bridgehead atoms. The molecular weight excluding hydrogens is 384 g/mol. The summed E-state index contributed by atoms with van der Waals surface area (Å²) in [4.78, 5) is 37.8. The summed E-state index contributed by atoms with van der Waals surface area (Å²) in [5.41, 5.74) is 0.186. The van der Waals surface area contributed by atoms with Crippen LogP contribution < -0.4 is 0 Å². The number of Topliss-reactive ketones (excluding diaryl/α,β-unsaturated/α-hetero) is 2. The Labute approximate surface area is 164 Å². The number of allylic oxidation sites excluding steroid dienone is 1. The molecule has 28 heavy (non-hydrogen) atoms. The number of ether oxygens (including phenoxy) is 1. The van der Waals surface area contributed by atoms with Gasteiger partial charge in [-0.2, -0.15) is 0 Å². The van der Waals surface area contributed by atoms with Gasteiger partial charge in [0.2, 0.25) is 11.6 Å². The summed E-state index contributed by atoms with van der Waals surface area (Å²) in [7, 11) is 0. The highest BCUT2D eigenvalue weighted by Crippen LogP contribution is 2.42. The van der Waals surface area contributed by atoms with E-state index in [-0.39, 0.29) is 34.6 Å². The van der Waals surface area contributed by atoms with Gasteiger partial charge in [-0.05, 0) is 17.7 Å². The van der Waals surface area contributed by atoms with E-state index in [0.29, 0.717) is 10.6 Å². The molecule has 0 fully saturated rings. The first-order chi connectivity index (χ1) is 13.4. The van der Waals surface area contributed by atoms with E-state index >= 15 is 0 Å². The fourth-order valence-corrected chi connectivity index (χ4v) is 3.60. The highest BCUT2D eigenvalue weighted by Gasteiger charge is 2.43. The van der Waals surface area contributed by atoms with Gasteiger partial charge in [-0.25, -0.2) is 4.79 Å². The minimum Gasteiger partial charge on any atom is -0.508 e. The molecule has 1 heterocycles. The van der Waals surface area contributed by atoms with Gasteiger partial charge in [0.15, 0.2) is 0 Å². The number of esters is 1. The molecule has 2 N–H and O–H groups in total. The minimum absolute atomic E-state index is 0.0795. The average Bonchev–Trinajstić information content (AvgIpc) is 3.02. The Morgan fingerprint density at radius 3 is 2.11 bits per heavy atom. The number of aliphatic hydroxyl groups excluding tert-OH is 2. The van der Waals surface area contributed by atoms with Crippen molar-refractivity contribution >= 4 is 34.9 Å². The third-order valence-corrected chi connectivity index (χ3v) is 5.04. The molecule has 0 saturated heterocycles. The molecule has 2 aromatic rings. The first-order valence-corrected chi connectivity index (χ1v) is 8.74. The Hall–Kier alpha value is -3.38. The van der Waals surface area contributed by atoms with Crippen molar-refractivity contribution in [1.82, 2.24) is 0 Å². The van der Waals surface area contributed by atoms with Gasteiger partial charge in [0.25, 0.3) is 0 Å². The SMILES string of the molecule is O=C1OCC(O)=C1C(C1=C(O)c2ccccc2C(=O)C1=O)c1ccc(Cl)cc1. The summed E-state index contributed by atoms with van der Waals surface area (Å²) in [5.74, 6) is -4.52. The van der Waals surface area contributed by atoms with Crippen LogP contribution in [-0.4, -0.2) is 34.4 Å². The quantitative estimate of drug-likeness (QED) is 0.608. The molecule has 0 amide bonds. The number of hydrogen-bond donors (Lipinski definition) is 2. The monoisotopic (exact) mass is 396 g/mol. The fourth-order valence-electron chi connectivity index (χ4n) is 3.48. The molecule has 140 valence electrons. The number of carbonyl (C=O) groups is 3. The number of hydrogen-bond acceptors (Lipinski definition) is 6. The van der Waals surface area contributed by atoms with Crippen molar-refractivity contribution in [3.05, 3.63) is 87.1 Å². The van der Waals surface area contributed by atoms with Gasteiger partial charge in [-0.1, -0.05) is 48.0 Å². The number of fused-ring (bicyclic) bond motifs is 1. The van der Waals surface area contributed by atoms with Crippen LogP contribution in [0, 0.1) is 0 Å². The molecule has 4 rings (SSSR count). The number of carbonyl (C=O) groups excluding carboxylic acids is 3. The van der Waals surface area contributed by atoms with E-state index < -0.39 is 29.2 Å². The van der Waals surface area contributed by atoms with Crippen molar-refractivity contribution in [2.75, 3.05) is 6.61 Å². The smallest absolute Gasteiger partial charge is 0.338 e. The van der Waals surface area contributed by atoms with Crippen molar-refractivity contribution in [2.24, 2.45) is 0 Å². The van der Waals surface area contributed by atoms with E-state index in [0.717, 1.165) is 0 Å². The Kier molecular flexibility index (Phi) is 4.28. The molecule has 0 spiro atoms. The van der Waals surface area contributed by atoms with E-state index in [1.807, 2.05) is 0 Å². The van der Waals surface area contributed by atoms with Gasteiger partial charge < -0.3 is 14.9 Å². The summed E-state index contributed by atoms with van der Waals surface area (Å²) in [6, 6.07) is 12.4. The highest BCUT2D eigenvalue weighted by atomic mass is 35.5. The molecule has 0 radical (unpaired) electrons. The van der Waals surface area contributed by atoms with Crippen LogP contribution in [0.1, 0.15) is 27.4 Å². The Bertz CT molecular complexity index is 1090. The zero-order chi connectivity index (χ0) is 20.0. The van der Waals surface area contributed by atoms with Crippen LogP contribution in [0.25, 0.3) is 5.76 Å². The average molecular weight is 397 g/mol. The first-order valence-electron chi connectivity index (χ1n) is 8.36. The number of cyclic esters (lactones) is 1. The maximum atomic E-state index is 12.9. The Morgan fingerprint density at radius 1 is 0.857 bits per heavy atom.